The molecule has 2 aliphatic carbocycles. The topological polar surface area (TPSA) is 41.6 Å². The van der Waals surface area contributed by atoms with E-state index in [2.05, 4.69) is 28.4 Å². The van der Waals surface area contributed by atoms with Crippen LogP contribution in [0.1, 0.15) is 87.8 Å². The van der Waals surface area contributed by atoms with Crippen molar-refractivity contribution in [1.82, 2.24) is 10.2 Å². The smallest absolute Gasteiger partial charge is 0.237 e. The highest BCUT2D eigenvalue weighted by atomic mass is 16.5. The summed E-state index contributed by atoms with van der Waals surface area (Å²) >= 11 is 0. The molecule has 1 amide bonds. The molecule has 2 saturated carbocycles. The van der Waals surface area contributed by atoms with Gasteiger partial charge in [-0.15, -0.1) is 0 Å². The van der Waals surface area contributed by atoms with Gasteiger partial charge in [-0.1, -0.05) is 57.4 Å². The molecule has 0 aromatic heterocycles. The fourth-order valence-electron chi connectivity index (χ4n) is 6.07. The minimum atomic E-state index is 0.219. The molecular formula is C26H40N2O2. The summed E-state index contributed by atoms with van der Waals surface area (Å²) in [6, 6.07) is 6.71. The number of hydrogen-bond donors (Lipinski definition) is 1. The Morgan fingerprint density at radius 1 is 1.07 bits per heavy atom. The Hall–Kier alpha value is -1.55. The quantitative estimate of drug-likeness (QED) is 0.621. The second kappa shape index (κ2) is 10.7. The van der Waals surface area contributed by atoms with Gasteiger partial charge < -0.3 is 15.0 Å². The average molecular weight is 413 g/mol. The molecule has 1 atom stereocenters. The third-order valence-corrected chi connectivity index (χ3v) is 7.78. The van der Waals surface area contributed by atoms with Crippen LogP contribution in [0, 0.1) is 11.8 Å². The number of carbonyl (C=O) groups is 1. The molecule has 2 fully saturated rings. The molecule has 0 radical (unpaired) electrons. The van der Waals surface area contributed by atoms with Crippen molar-refractivity contribution < 1.29 is 9.53 Å². The predicted molar refractivity (Wildman–Crippen MR) is 122 cm³/mol. The molecule has 4 heteroatoms. The lowest BCUT2D eigenvalue weighted by Gasteiger charge is -2.43. The number of carbonyl (C=O) groups excluding carboxylic acids is 1. The monoisotopic (exact) mass is 412 g/mol. The van der Waals surface area contributed by atoms with Crippen molar-refractivity contribution in [3.8, 4) is 5.75 Å². The fourth-order valence-corrected chi connectivity index (χ4v) is 6.07. The molecule has 4 rings (SSSR count). The van der Waals surface area contributed by atoms with E-state index in [0.29, 0.717) is 12.5 Å². The van der Waals surface area contributed by atoms with Crippen LogP contribution in [0.15, 0.2) is 18.2 Å². The summed E-state index contributed by atoms with van der Waals surface area (Å²) < 4.78 is 5.53. The van der Waals surface area contributed by atoms with E-state index in [1.165, 1.54) is 81.8 Å². The second-order valence-corrected chi connectivity index (χ2v) is 9.71. The summed E-state index contributed by atoms with van der Waals surface area (Å²) in [6.45, 7) is 2.31. The van der Waals surface area contributed by atoms with Gasteiger partial charge >= 0.3 is 0 Å². The molecule has 3 aliphatic rings. The molecule has 166 valence electrons. The lowest BCUT2D eigenvalue weighted by molar-refractivity contribution is -0.134. The van der Waals surface area contributed by atoms with Crippen molar-refractivity contribution in [3.05, 3.63) is 29.3 Å². The number of benzene rings is 1. The van der Waals surface area contributed by atoms with Crippen LogP contribution in [-0.2, 0) is 11.2 Å². The first kappa shape index (κ1) is 21.7. The number of rotatable bonds is 7. The summed E-state index contributed by atoms with van der Waals surface area (Å²) in [6.07, 6.45) is 15.5. The highest BCUT2D eigenvalue weighted by Crippen LogP contribution is 2.43. The SMILES string of the molecule is COc1ccc2c(c1)C(C1CCCCC1)N(C(=O)CNCCC1CCCCC1)CC2. The predicted octanol–water partition coefficient (Wildman–Crippen LogP) is 5.26. The van der Waals surface area contributed by atoms with E-state index in [-0.39, 0.29) is 11.9 Å². The van der Waals surface area contributed by atoms with E-state index >= 15 is 0 Å². The summed E-state index contributed by atoms with van der Waals surface area (Å²) in [5.74, 6) is 2.64. The molecule has 1 aliphatic heterocycles. The average Bonchev–Trinajstić information content (AvgIpc) is 2.81. The summed E-state index contributed by atoms with van der Waals surface area (Å²) in [4.78, 5) is 15.5. The number of amides is 1. The minimum absolute atomic E-state index is 0.219. The maximum absolute atomic E-state index is 13.3. The van der Waals surface area contributed by atoms with Crippen molar-refractivity contribution in [2.75, 3.05) is 26.7 Å². The number of methoxy groups -OCH3 is 1. The highest BCUT2D eigenvalue weighted by molar-refractivity contribution is 5.79. The van der Waals surface area contributed by atoms with E-state index in [0.717, 1.165) is 31.2 Å². The van der Waals surface area contributed by atoms with Gasteiger partial charge in [0, 0.05) is 6.54 Å². The van der Waals surface area contributed by atoms with Gasteiger partial charge in [-0.3, -0.25) is 4.79 Å². The molecule has 1 unspecified atom stereocenters. The third kappa shape index (κ3) is 5.19. The number of nitrogens with one attached hydrogen (secondary N) is 1. The van der Waals surface area contributed by atoms with Gasteiger partial charge in [-0.25, -0.2) is 0 Å². The third-order valence-electron chi connectivity index (χ3n) is 7.78. The van der Waals surface area contributed by atoms with Crippen LogP contribution < -0.4 is 10.1 Å². The number of hydrogen-bond acceptors (Lipinski definition) is 3. The normalized spacial score (nSPS) is 23.2. The van der Waals surface area contributed by atoms with Gasteiger partial charge in [0.2, 0.25) is 5.91 Å². The van der Waals surface area contributed by atoms with Gasteiger partial charge in [0.15, 0.2) is 0 Å². The fraction of sp³-hybridized carbons (Fsp3) is 0.731. The first-order valence-electron chi connectivity index (χ1n) is 12.4. The zero-order chi connectivity index (χ0) is 20.8. The van der Waals surface area contributed by atoms with Crippen LogP contribution >= 0.6 is 0 Å². The Balaban J connectivity index is 1.41. The Morgan fingerprint density at radius 3 is 2.53 bits per heavy atom. The van der Waals surface area contributed by atoms with Crippen LogP contribution in [0.2, 0.25) is 0 Å². The second-order valence-electron chi connectivity index (χ2n) is 9.71. The molecule has 1 N–H and O–H groups in total. The van der Waals surface area contributed by atoms with Crippen molar-refractivity contribution in [3.63, 3.8) is 0 Å². The number of fused-ring (bicyclic) bond motifs is 1. The molecule has 1 heterocycles. The number of ether oxygens (including phenoxy) is 1. The Kier molecular flexibility index (Phi) is 7.70. The van der Waals surface area contributed by atoms with Crippen LogP contribution in [0.5, 0.6) is 5.75 Å². The van der Waals surface area contributed by atoms with Gasteiger partial charge in [-0.2, -0.15) is 0 Å². The van der Waals surface area contributed by atoms with Gasteiger partial charge in [-0.05, 0) is 67.3 Å². The van der Waals surface area contributed by atoms with Crippen LogP contribution in [0.25, 0.3) is 0 Å². The van der Waals surface area contributed by atoms with Crippen molar-refractivity contribution in [1.29, 1.82) is 0 Å². The molecule has 1 aromatic carbocycles. The first-order valence-corrected chi connectivity index (χ1v) is 12.4. The van der Waals surface area contributed by atoms with Crippen LogP contribution in [0.3, 0.4) is 0 Å². The molecule has 0 spiro atoms. The summed E-state index contributed by atoms with van der Waals surface area (Å²) in [7, 11) is 1.74. The van der Waals surface area contributed by atoms with E-state index in [9.17, 15) is 4.79 Å². The van der Waals surface area contributed by atoms with E-state index in [1.54, 1.807) is 7.11 Å². The van der Waals surface area contributed by atoms with Crippen molar-refractivity contribution >= 4 is 5.91 Å². The maximum Gasteiger partial charge on any atom is 0.237 e. The molecular weight excluding hydrogens is 372 g/mol. The summed E-state index contributed by atoms with van der Waals surface area (Å²) in [5, 5.41) is 3.48. The van der Waals surface area contributed by atoms with Crippen molar-refractivity contribution in [2.24, 2.45) is 11.8 Å². The van der Waals surface area contributed by atoms with Crippen LogP contribution in [0.4, 0.5) is 0 Å². The van der Waals surface area contributed by atoms with E-state index in [1.807, 2.05) is 0 Å². The van der Waals surface area contributed by atoms with E-state index < -0.39 is 0 Å². The standard InChI is InChI=1S/C26H40N2O2/c1-30-23-13-12-21-15-17-28(26(24(21)18-23)22-10-6-3-7-11-22)25(29)19-27-16-14-20-8-4-2-5-9-20/h12-13,18,20,22,26-27H,2-11,14-17,19H2,1H3. The minimum Gasteiger partial charge on any atom is -0.497 e. The maximum atomic E-state index is 13.3. The van der Waals surface area contributed by atoms with Crippen molar-refractivity contribution in [2.45, 2.75) is 83.1 Å². The Bertz CT molecular complexity index is 692. The Morgan fingerprint density at radius 2 is 1.80 bits per heavy atom. The largest absolute Gasteiger partial charge is 0.497 e. The zero-order valence-corrected chi connectivity index (χ0v) is 18.8. The summed E-state index contributed by atoms with van der Waals surface area (Å²) in [5.41, 5.74) is 2.74. The number of nitrogens with zero attached hydrogens (tertiary/aromatic N) is 1. The molecule has 4 nitrogen and oxygen atoms in total. The lowest BCUT2D eigenvalue weighted by atomic mass is 9.77. The zero-order valence-electron chi connectivity index (χ0n) is 18.8. The van der Waals surface area contributed by atoms with Crippen LogP contribution in [-0.4, -0.2) is 37.6 Å². The van der Waals surface area contributed by atoms with Gasteiger partial charge in [0.05, 0.1) is 19.7 Å². The first-order chi connectivity index (χ1) is 14.8. The lowest BCUT2D eigenvalue weighted by Crippen LogP contribution is -2.47. The molecule has 0 bridgehead atoms. The molecule has 1 aromatic rings. The molecule has 0 saturated heterocycles. The highest BCUT2D eigenvalue weighted by Gasteiger charge is 2.36. The molecule has 30 heavy (non-hydrogen) atoms. The van der Waals surface area contributed by atoms with E-state index in [4.69, 9.17) is 4.74 Å². The van der Waals surface area contributed by atoms with Gasteiger partial charge in [0.25, 0.3) is 0 Å². The van der Waals surface area contributed by atoms with Gasteiger partial charge in [0.1, 0.15) is 5.75 Å². The Labute approximate surface area is 182 Å².